The summed E-state index contributed by atoms with van der Waals surface area (Å²) in [6.07, 6.45) is 2.19. The predicted octanol–water partition coefficient (Wildman–Crippen LogP) is 0.830. The highest BCUT2D eigenvalue weighted by atomic mass is 32.2. The summed E-state index contributed by atoms with van der Waals surface area (Å²) in [7, 11) is -3.58. The summed E-state index contributed by atoms with van der Waals surface area (Å²) in [4.78, 5) is 0. The molecule has 0 aliphatic rings. The van der Waals surface area contributed by atoms with Crippen LogP contribution in [0, 0.1) is 0 Å². The van der Waals surface area contributed by atoms with E-state index < -0.39 is 10.0 Å². The van der Waals surface area contributed by atoms with Crippen LogP contribution in [-0.2, 0) is 16.6 Å². The number of furan rings is 1. The van der Waals surface area contributed by atoms with E-state index in [-0.39, 0.29) is 11.7 Å². The van der Waals surface area contributed by atoms with Gasteiger partial charge in [0.05, 0.1) is 6.54 Å². The molecule has 110 valence electrons. The van der Waals surface area contributed by atoms with Gasteiger partial charge < -0.3 is 14.8 Å². The van der Waals surface area contributed by atoms with E-state index in [1.165, 1.54) is 6.07 Å². The van der Waals surface area contributed by atoms with Gasteiger partial charge in [-0.15, -0.1) is 0 Å². The zero-order valence-corrected chi connectivity index (χ0v) is 12.0. The molecule has 1 aromatic heterocycles. The van der Waals surface area contributed by atoms with Crippen LogP contribution in [0.1, 0.15) is 31.9 Å². The standard InChI is InChI=1S/C12H22N2O4S/c1-2-7-13-10-11-5-6-12(18-11)19(16,17)14-8-3-4-9-15/h5-6,13-15H,2-4,7-10H2,1H3. The Morgan fingerprint density at radius 2 is 2.05 bits per heavy atom. The molecule has 0 aliphatic heterocycles. The third-order valence-corrected chi connectivity index (χ3v) is 3.84. The molecular formula is C12H22N2O4S. The van der Waals surface area contributed by atoms with Crippen molar-refractivity contribution >= 4 is 10.0 Å². The Balaban J connectivity index is 2.49. The van der Waals surface area contributed by atoms with Crippen molar-refractivity contribution in [3.05, 3.63) is 17.9 Å². The van der Waals surface area contributed by atoms with Crippen LogP contribution in [0.15, 0.2) is 21.6 Å². The molecule has 1 rings (SSSR count). The molecule has 1 aromatic rings. The number of rotatable bonds is 10. The molecule has 19 heavy (non-hydrogen) atoms. The number of sulfonamides is 1. The number of hydrogen-bond donors (Lipinski definition) is 3. The van der Waals surface area contributed by atoms with Crippen molar-refractivity contribution < 1.29 is 17.9 Å². The molecule has 0 unspecified atom stereocenters. The van der Waals surface area contributed by atoms with Crippen LogP contribution >= 0.6 is 0 Å². The highest BCUT2D eigenvalue weighted by Gasteiger charge is 2.17. The summed E-state index contributed by atoms with van der Waals surface area (Å²) in [6, 6.07) is 3.11. The molecule has 0 spiro atoms. The Kier molecular flexibility index (Phi) is 7.07. The molecule has 0 bridgehead atoms. The van der Waals surface area contributed by atoms with Crippen LogP contribution in [0.5, 0.6) is 0 Å². The van der Waals surface area contributed by atoms with Crippen molar-refractivity contribution in [1.29, 1.82) is 0 Å². The van der Waals surface area contributed by atoms with E-state index in [0.29, 0.717) is 31.7 Å². The van der Waals surface area contributed by atoms with Gasteiger partial charge in [-0.1, -0.05) is 6.92 Å². The van der Waals surface area contributed by atoms with Crippen molar-refractivity contribution in [1.82, 2.24) is 10.0 Å². The van der Waals surface area contributed by atoms with Gasteiger partial charge in [-0.2, -0.15) is 0 Å². The van der Waals surface area contributed by atoms with Crippen LogP contribution in [0.4, 0.5) is 0 Å². The fourth-order valence-electron chi connectivity index (χ4n) is 1.50. The van der Waals surface area contributed by atoms with Gasteiger partial charge in [0.15, 0.2) is 0 Å². The van der Waals surface area contributed by atoms with Gasteiger partial charge in [0.2, 0.25) is 5.09 Å². The van der Waals surface area contributed by atoms with E-state index in [9.17, 15) is 8.42 Å². The zero-order chi connectivity index (χ0) is 14.1. The van der Waals surface area contributed by atoms with Crippen molar-refractivity contribution in [2.75, 3.05) is 19.7 Å². The van der Waals surface area contributed by atoms with Crippen molar-refractivity contribution in [2.24, 2.45) is 0 Å². The van der Waals surface area contributed by atoms with E-state index in [0.717, 1.165) is 13.0 Å². The number of unbranched alkanes of at least 4 members (excludes halogenated alkanes) is 1. The minimum absolute atomic E-state index is 0.0650. The SMILES string of the molecule is CCCNCc1ccc(S(=O)(=O)NCCCCO)o1. The Labute approximate surface area is 114 Å². The van der Waals surface area contributed by atoms with E-state index in [4.69, 9.17) is 9.52 Å². The van der Waals surface area contributed by atoms with E-state index in [1.54, 1.807) is 6.07 Å². The Morgan fingerprint density at radius 3 is 2.74 bits per heavy atom. The molecular weight excluding hydrogens is 268 g/mol. The first-order valence-electron chi connectivity index (χ1n) is 6.50. The van der Waals surface area contributed by atoms with Crippen molar-refractivity contribution in [3.63, 3.8) is 0 Å². The monoisotopic (exact) mass is 290 g/mol. The van der Waals surface area contributed by atoms with Gasteiger partial charge in [0.25, 0.3) is 10.0 Å². The first-order valence-corrected chi connectivity index (χ1v) is 7.98. The quantitative estimate of drug-likeness (QED) is 0.555. The summed E-state index contributed by atoms with van der Waals surface area (Å²) in [5.74, 6) is 0.601. The highest BCUT2D eigenvalue weighted by Crippen LogP contribution is 2.13. The second-order valence-electron chi connectivity index (χ2n) is 4.23. The molecule has 0 fully saturated rings. The van der Waals surface area contributed by atoms with Crippen molar-refractivity contribution in [2.45, 2.75) is 37.8 Å². The van der Waals surface area contributed by atoms with Gasteiger partial charge in [-0.3, -0.25) is 0 Å². The number of aliphatic hydroxyl groups excluding tert-OH is 1. The Bertz CT molecular complexity index is 456. The first-order chi connectivity index (χ1) is 9.10. The smallest absolute Gasteiger partial charge is 0.273 e. The number of aliphatic hydroxyl groups is 1. The maximum atomic E-state index is 11.9. The third kappa shape index (κ3) is 5.73. The largest absolute Gasteiger partial charge is 0.447 e. The average molecular weight is 290 g/mol. The molecule has 0 radical (unpaired) electrons. The molecule has 3 N–H and O–H groups in total. The predicted molar refractivity (Wildman–Crippen MR) is 72.2 cm³/mol. The van der Waals surface area contributed by atoms with Gasteiger partial charge >= 0.3 is 0 Å². The summed E-state index contributed by atoms with van der Waals surface area (Å²) in [5.41, 5.74) is 0. The summed E-state index contributed by atoms with van der Waals surface area (Å²) >= 11 is 0. The van der Waals surface area contributed by atoms with Crippen LogP contribution in [-0.4, -0.2) is 33.2 Å². The minimum atomic E-state index is -3.58. The fourth-order valence-corrected chi connectivity index (χ4v) is 2.52. The molecule has 0 atom stereocenters. The molecule has 1 heterocycles. The molecule has 0 aromatic carbocycles. The van der Waals surface area contributed by atoms with Gasteiger partial charge in [-0.05, 0) is 37.9 Å². The third-order valence-electron chi connectivity index (χ3n) is 2.50. The Morgan fingerprint density at radius 1 is 1.26 bits per heavy atom. The number of hydrogen-bond acceptors (Lipinski definition) is 5. The van der Waals surface area contributed by atoms with Gasteiger partial charge in [-0.25, -0.2) is 13.1 Å². The Hall–Kier alpha value is -0.890. The fraction of sp³-hybridized carbons (Fsp3) is 0.667. The first kappa shape index (κ1) is 16.2. The molecule has 0 amide bonds. The normalized spacial score (nSPS) is 11.9. The van der Waals surface area contributed by atoms with E-state index >= 15 is 0 Å². The molecule has 0 aliphatic carbocycles. The van der Waals surface area contributed by atoms with Crippen LogP contribution in [0.3, 0.4) is 0 Å². The zero-order valence-electron chi connectivity index (χ0n) is 11.2. The maximum absolute atomic E-state index is 11.9. The summed E-state index contributed by atoms with van der Waals surface area (Å²) in [5, 5.41) is 11.7. The molecule has 0 saturated carbocycles. The second kappa shape index (κ2) is 8.31. The molecule has 6 nitrogen and oxygen atoms in total. The highest BCUT2D eigenvalue weighted by molar-refractivity contribution is 7.89. The second-order valence-corrected chi connectivity index (χ2v) is 5.92. The van der Waals surface area contributed by atoms with Crippen LogP contribution < -0.4 is 10.0 Å². The average Bonchev–Trinajstić information content (AvgIpc) is 2.85. The maximum Gasteiger partial charge on any atom is 0.273 e. The van der Waals surface area contributed by atoms with Crippen LogP contribution in [0.25, 0.3) is 0 Å². The van der Waals surface area contributed by atoms with Gasteiger partial charge in [0, 0.05) is 13.2 Å². The lowest BCUT2D eigenvalue weighted by atomic mass is 10.3. The summed E-state index contributed by atoms with van der Waals surface area (Å²) < 4.78 is 31.4. The lowest BCUT2D eigenvalue weighted by Gasteiger charge is -2.03. The van der Waals surface area contributed by atoms with Gasteiger partial charge in [0.1, 0.15) is 5.76 Å². The van der Waals surface area contributed by atoms with Crippen LogP contribution in [0.2, 0.25) is 0 Å². The molecule has 7 heteroatoms. The van der Waals surface area contributed by atoms with Crippen molar-refractivity contribution in [3.8, 4) is 0 Å². The topological polar surface area (TPSA) is 91.6 Å². The number of nitrogens with one attached hydrogen (secondary N) is 2. The molecule has 0 saturated heterocycles. The lowest BCUT2D eigenvalue weighted by Crippen LogP contribution is -2.24. The lowest BCUT2D eigenvalue weighted by molar-refractivity contribution is 0.285. The summed E-state index contributed by atoms with van der Waals surface area (Å²) in [6.45, 7) is 3.81. The van der Waals surface area contributed by atoms with E-state index in [2.05, 4.69) is 17.0 Å². The minimum Gasteiger partial charge on any atom is -0.447 e. The van der Waals surface area contributed by atoms with E-state index in [1.807, 2.05) is 0 Å².